The Morgan fingerprint density at radius 2 is 1.93 bits per heavy atom. The molecule has 0 aliphatic rings. The van der Waals surface area contributed by atoms with E-state index >= 15 is 0 Å². The molecule has 2 nitrogen and oxygen atoms in total. The first-order valence-corrected chi connectivity index (χ1v) is 4.52. The average Bonchev–Trinajstić information content (AvgIpc) is 2.18. The summed E-state index contributed by atoms with van der Waals surface area (Å²) in [6, 6.07) is 7.40. The molecule has 1 aromatic rings. The topological polar surface area (TPSA) is 29.4 Å². The molecule has 14 heavy (non-hydrogen) atoms. The summed E-state index contributed by atoms with van der Waals surface area (Å²) in [5.74, 6) is 0.426. The van der Waals surface area contributed by atoms with Gasteiger partial charge >= 0.3 is 0 Å². The van der Waals surface area contributed by atoms with Crippen molar-refractivity contribution in [3.63, 3.8) is 0 Å². The van der Waals surface area contributed by atoms with Crippen molar-refractivity contribution in [2.75, 3.05) is 0 Å². The molecule has 0 bridgehead atoms. The van der Waals surface area contributed by atoms with Gasteiger partial charge < -0.3 is 0 Å². The van der Waals surface area contributed by atoms with Crippen LogP contribution < -0.4 is 0 Å². The SMILES string of the molecule is C=C(c1ccc(N=C=O)cc1)C(C)C. The number of hydrogen-bond acceptors (Lipinski definition) is 2. The Morgan fingerprint density at radius 1 is 1.36 bits per heavy atom. The highest BCUT2D eigenvalue weighted by Gasteiger charge is 2.02. The van der Waals surface area contributed by atoms with E-state index in [0.29, 0.717) is 11.6 Å². The van der Waals surface area contributed by atoms with Gasteiger partial charge in [-0.3, -0.25) is 0 Å². The van der Waals surface area contributed by atoms with Crippen molar-refractivity contribution in [3.05, 3.63) is 36.4 Å². The van der Waals surface area contributed by atoms with Crippen LogP contribution in [0.25, 0.3) is 5.57 Å². The molecule has 72 valence electrons. The second-order valence-corrected chi connectivity index (χ2v) is 3.43. The molecular weight excluding hydrogens is 174 g/mol. The van der Waals surface area contributed by atoms with E-state index in [0.717, 1.165) is 11.1 Å². The number of allylic oxidation sites excluding steroid dienone is 1. The Labute approximate surface area is 84.0 Å². The van der Waals surface area contributed by atoms with Gasteiger partial charge in [-0.25, -0.2) is 4.79 Å². The van der Waals surface area contributed by atoms with E-state index in [1.807, 2.05) is 12.1 Å². The first-order chi connectivity index (χ1) is 6.65. The van der Waals surface area contributed by atoms with Crippen LogP contribution in [0.1, 0.15) is 19.4 Å². The van der Waals surface area contributed by atoms with E-state index in [1.165, 1.54) is 6.08 Å². The Balaban J connectivity index is 2.93. The van der Waals surface area contributed by atoms with Crippen LogP contribution in [0.15, 0.2) is 35.8 Å². The zero-order chi connectivity index (χ0) is 10.6. The van der Waals surface area contributed by atoms with Gasteiger partial charge in [0.15, 0.2) is 0 Å². The lowest BCUT2D eigenvalue weighted by Crippen LogP contribution is -1.90. The Morgan fingerprint density at radius 3 is 2.36 bits per heavy atom. The maximum absolute atomic E-state index is 9.99. The molecule has 0 aliphatic carbocycles. The number of isocyanates is 1. The first kappa shape index (κ1) is 10.4. The van der Waals surface area contributed by atoms with E-state index in [2.05, 4.69) is 25.4 Å². The van der Waals surface area contributed by atoms with Crippen molar-refractivity contribution in [2.45, 2.75) is 13.8 Å². The van der Waals surface area contributed by atoms with E-state index in [1.54, 1.807) is 12.1 Å². The molecule has 0 radical (unpaired) electrons. The van der Waals surface area contributed by atoms with Crippen LogP contribution in [-0.2, 0) is 4.79 Å². The van der Waals surface area contributed by atoms with Gasteiger partial charge in [0.1, 0.15) is 0 Å². The molecule has 2 heteroatoms. The van der Waals surface area contributed by atoms with E-state index in [-0.39, 0.29) is 0 Å². The average molecular weight is 187 g/mol. The maximum Gasteiger partial charge on any atom is 0.240 e. The fourth-order valence-corrected chi connectivity index (χ4v) is 1.14. The third-order valence-corrected chi connectivity index (χ3v) is 2.11. The van der Waals surface area contributed by atoms with Crippen molar-refractivity contribution in [1.29, 1.82) is 0 Å². The molecule has 0 aliphatic heterocycles. The second kappa shape index (κ2) is 4.54. The summed E-state index contributed by atoms with van der Waals surface area (Å²) in [6.07, 6.45) is 1.51. The van der Waals surface area contributed by atoms with E-state index in [9.17, 15) is 4.79 Å². The molecule has 0 atom stereocenters. The quantitative estimate of drug-likeness (QED) is 0.527. The molecule has 0 N–H and O–H groups in total. The second-order valence-electron chi connectivity index (χ2n) is 3.43. The summed E-state index contributed by atoms with van der Waals surface area (Å²) < 4.78 is 0. The van der Waals surface area contributed by atoms with Crippen LogP contribution in [0, 0.1) is 5.92 Å². The molecule has 0 fully saturated rings. The Kier molecular flexibility index (Phi) is 3.38. The van der Waals surface area contributed by atoms with Crippen LogP contribution in [0.4, 0.5) is 5.69 Å². The van der Waals surface area contributed by atoms with Gasteiger partial charge in [0.05, 0.1) is 5.69 Å². The molecule has 0 heterocycles. The molecule has 0 aromatic heterocycles. The minimum Gasteiger partial charge on any atom is -0.211 e. The predicted molar refractivity (Wildman–Crippen MR) is 58.1 cm³/mol. The lowest BCUT2D eigenvalue weighted by Gasteiger charge is -2.08. The molecule has 1 rings (SSSR count). The molecule has 1 aromatic carbocycles. The van der Waals surface area contributed by atoms with Crippen LogP contribution in [0.2, 0.25) is 0 Å². The monoisotopic (exact) mass is 187 g/mol. The van der Waals surface area contributed by atoms with Gasteiger partial charge in [0.25, 0.3) is 0 Å². The standard InChI is InChI=1S/C12H13NO/c1-9(2)10(3)11-4-6-12(7-5-11)13-8-14/h4-7,9H,3H2,1-2H3. The van der Waals surface area contributed by atoms with Crippen LogP contribution in [0.5, 0.6) is 0 Å². The fraction of sp³-hybridized carbons (Fsp3) is 0.250. The zero-order valence-electron chi connectivity index (χ0n) is 8.45. The number of aliphatic imine (C=N–C) groups is 1. The van der Waals surface area contributed by atoms with Crippen molar-refractivity contribution >= 4 is 17.3 Å². The van der Waals surface area contributed by atoms with Gasteiger partial charge in [-0.15, -0.1) is 0 Å². The number of benzene rings is 1. The summed E-state index contributed by atoms with van der Waals surface area (Å²) in [4.78, 5) is 13.5. The number of carbonyl (C=O) groups excluding carboxylic acids is 1. The van der Waals surface area contributed by atoms with Crippen LogP contribution >= 0.6 is 0 Å². The Hall–Kier alpha value is -1.66. The lowest BCUT2D eigenvalue weighted by molar-refractivity contribution is 0.565. The maximum atomic E-state index is 9.99. The normalized spacial score (nSPS) is 9.64. The van der Waals surface area contributed by atoms with Crippen LogP contribution in [-0.4, -0.2) is 6.08 Å². The highest BCUT2D eigenvalue weighted by atomic mass is 16.1. The Bertz CT molecular complexity index is 370. The van der Waals surface area contributed by atoms with Gasteiger partial charge in [0, 0.05) is 0 Å². The van der Waals surface area contributed by atoms with Gasteiger partial charge in [-0.2, -0.15) is 4.99 Å². The number of rotatable bonds is 3. The van der Waals surface area contributed by atoms with E-state index in [4.69, 9.17) is 0 Å². The molecule has 0 amide bonds. The van der Waals surface area contributed by atoms with Crippen LogP contribution in [0.3, 0.4) is 0 Å². The first-order valence-electron chi connectivity index (χ1n) is 4.52. The minimum atomic E-state index is 0.426. The van der Waals surface area contributed by atoms with Gasteiger partial charge in [0.2, 0.25) is 6.08 Å². The third-order valence-electron chi connectivity index (χ3n) is 2.11. The summed E-state index contributed by atoms with van der Waals surface area (Å²) >= 11 is 0. The van der Waals surface area contributed by atoms with Gasteiger partial charge in [-0.05, 0) is 29.2 Å². The summed E-state index contributed by atoms with van der Waals surface area (Å²) in [5, 5.41) is 0. The highest BCUT2D eigenvalue weighted by molar-refractivity contribution is 5.66. The van der Waals surface area contributed by atoms with Crippen molar-refractivity contribution < 1.29 is 4.79 Å². The molecular formula is C12H13NO. The molecule has 0 saturated carbocycles. The largest absolute Gasteiger partial charge is 0.240 e. The zero-order valence-corrected chi connectivity index (χ0v) is 8.45. The van der Waals surface area contributed by atoms with Gasteiger partial charge in [-0.1, -0.05) is 32.6 Å². The van der Waals surface area contributed by atoms with E-state index < -0.39 is 0 Å². The van der Waals surface area contributed by atoms with Crippen molar-refractivity contribution in [3.8, 4) is 0 Å². The molecule has 0 unspecified atom stereocenters. The summed E-state index contributed by atoms with van der Waals surface area (Å²) in [5.41, 5.74) is 2.80. The molecule has 0 saturated heterocycles. The summed E-state index contributed by atoms with van der Waals surface area (Å²) in [6.45, 7) is 8.19. The smallest absolute Gasteiger partial charge is 0.211 e. The number of hydrogen-bond donors (Lipinski definition) is 0. The third kappa shape index (κ3) is 2.41. The minimum absolute atomic E-state index is 0.426. The van der Waals surface area contributed by atoms with Crippen molar-refractivity contribution in [1.82, 2.24) is 0 Å². The lowest BCUT2D eigenvalue weighted by atomic mass is 9.97. The highest BCUT2D eigenvalue weighted by Crippen LogP contribution is 2.22. The van der Waals surface area contributed by atoms with Crippen molar-refractivity contribution in [2.24, 2.45) is 10.9 Å². The predicted octanol–water partition coefficient (Wildman–Crippen LogP) is 3.32. The number of nitrogens with zero attached hydrogens (tertiary/aromatic N) is 1. The fourth-order valence-electron chi connectivity index (χ4n) is 1.14. The summed E-state index contributed by atoms with van der Waals surface area (Å²) in [7, 11) is 0. The molecule has 0 spiro atoms.